The second kappa shape index (κ2) is 6.27. The quantitative estimate of drug-likeness (QED) is 0.601. The van der Waals surface area contributed by atoms with Gasteiger partial charge in [0.05, 0.1) is 0 Å². The molecule has 0 saturated heterocycles. The maximum Gasteiger partial charge on any atom is 0.126 e. The van der Waals surface area contributed by atoms with E-state index in [1.165, 1.54) is 6.07 Å². The van der Waals surface area contributed by atoms with Gasteiger partial charge in [-0.3, -0.25) is 11.3 Å². The predicted molar refractivity (Wildman–Crippen MR) is 73.6 cm³/mol. The van der Waals surface area contributed by atoms with E-state index in [2.05, 4.69) is 24.2 Å². The minimum Gasteiger partial charge on any atom is -0.302 e. The smallest absolute Gasteiger partial charge is 0.126 e. The van der Waals surface area contributed by atoms with Crippen molar-refractivity contribution < 1.29 is 4.39 Å². The summed E-state index contributed by atoms with van der Waals surface area (Å²) in [6.45, 7) is 4.25. The van der Waals surface area contributed by atoms with E-state index in [0.717, 1.165) is 6.42 Å². The standard InChI is InChI=1S/C14H24FN3/c1-5-14(2,18(3)4)13(17-16)10-11-8-6-7-9-12(11)15/h6-9,13,17H,5,10,16H2,1-4H3. The molecule has 0 radical (unpaired) electrons. The number of hydrogen-bond donors (Lipinski definition) is 2. The summed E-state index contributed by atoms with van der Waals surface area (Å²) in [4.78, 5) is 2.14. The SMILES string of the molecule is CCC(C)(C(Cc1ccccc1F)NN)N(C)C. The van der Waals surface area contributed by atoms with Crippen LogP contribution in [-0.4, -0.2) is 30.6 Å². The first-order chi connectivity index (χ1) is 8.45. The summed E-state index contributed by atoms with van der Waals surface area (Å²) in [6, 6.07) is 6.85. The number of hydrazine groups is 1. The van der Waals surface area contributed by atoms with Crippen molar-refractivity contribution in [1.82, 2.24) is 10.3 Å². The van der Waals surface area contributed by atoms with Crippen LogP contribution in [0.4, 0.5) is 4.39 Å². The summed E-state index contributed by atoms with van der Waals surface area (Å²) >= 11 is 0. The highest BCUT2D eigenvalue weighted by atomic mass is 19.1. The van der Waals surface area contributed by atoms with E-state index < -0.39 is 0 Å². The molecule has 4 heteroatoms. The van der Waals surface area contributed by atoms with Gasteiger partial charge in [-0.05, 0) is 45.5 Å². The zero-order valence-electron chi connectivity index (χ0n) is 11.7. The van der Waals surface area contributed by atoms with Crippen molar-refractivity contribution in [2.24, 2.45) is 5.84 Å². The summed E-state index contributed by atoms with van der Waals surface area (Å²) in [5, 5.41) is 0. The zero-order valence-corrected chi connectivity index (χ0v) is 11.7. The van der Waals surface area contributed by atoms with E-state index in [4.69, 9.17) is 5.84 Å². The van der Waals surface area contributed by atoms with Gasteiger partial charge < -0.3 is 4.90 Å². The fourth-order valence-electron chi connectivity index (χ4n) is 2.22. The van der Waals surface area contributed by atoms with Crippen LogP contribution in [0.2, 0.25) is 0 Å². The molecule has 2 atom stereocenters. The molecule has 0 aromatic heterocycles. The molecule has 0 aliphatic rings. The van der Waals surface area contributed by atoms with Crippen molar-refractivity contribution in [1.29, 1.82) is 0 Å². The van der Waals surface area contributed by atoms with Gasteiger partial charge in [-0.15, -0.1) is 0 Å². The van der Waals surface area contributed by atoms with E-state index >= 15 is 0 Å². The van der Waals surface area contributed by atoms with E-state index in [1.807, 2.05) is 26.2 Å². The normalized spacial score (nSPS) is 16.6. The molecule has 0 heterocycles. The Morgan fingerprint density at radius 3 is 2.44 bits per heavy atom. The Bertz CT molecular complexity index is 381. The van der Waals surface area contributed by atoms with Crippen LogP contribution in [0.25, 0.3) is 0 Å². The van der Waals surface area contributed by atoms with Gasteiger partial charge in [0.2, 0.25) is 0 Å². The van der Waals surface area contributed by atoms with Gasteiger partial charge in [-0.2, -0.15) is 0 Å². The number of likely N-dealkylation sites (N-methyl/N-ethyl adjacent to an activating group) is 1. The van der Waals surface area contributed by atoms with E-state index in [1.54, 1.807) is 6.07 Å². The summed E-state index contributed by atoms with van der Waals surface area (Å²) in [5.41, 5.74) is 3.42. The number of rotatable bonds is 6. The third kappa shape index (κ3) is 3.07. The van der Waals surface area contributed by atoms with Crippen LogP contribution in [-0.2, 0) is 6.42 Å². The number of nitrogens with two attached hydrogens (primary N) is 1. The monoisotopic (exact) mass is 253 g/mol. The molecule has 0 bridgehead atoms. The van der Waals surface area contributed by atoms with E-state index in [0.29, 0.717) is 12.0 Å². The summed E-state index contributed by atoms with van der Waals surface area (Å²) in [7, 11) is 4.05. The van der Waals surface area contributed by atoms with Crippen molar-refractivity contribution in [2.75, 3.05) is 14.1 Å². The van der Waals surface area contributed by atoms with Crippen LogP contribution in [0, 0.1) is 5.82 Å². The van der Waals surface area contributed by atoms with Crippen LogP contribution in [0.15, 0.2) is 24.3 Å². The molecule has 0 amide bonds. The molecular formula is C14H24FN3. The molecule has 1 aromatic carbocycles. The van der Waals surface area contributed by atoms with Gasteiger partial charge in [0, 0.05) is 11.6 Å². The lowest BCUT2D eigenvalue weighted by Gasteiger charge is -2.42. The maximum absolute atomic E-state index is 13.7. The first-order valence-electron chi connectivity index (χ1n) is 6.32. The van der Waals surface area contributed by atoms with Gasteiger partial charge in [0.25, 0.3) is 0 Å². The van der Waals surface area contributed by atoms with Gasteiger partial charge in [-0.1, -0.05) is 25.1 Å². The highest BCUT2D eigenvalue weighted by Crippen LogP contribution is 2.24. The molecule has 0 aliphatic heterocycles. The second-order valence-corrected chi connectivity index (χ2v) is 5.12. The minimum atomic E-state index is -0.171. The molecule has 0 saturated carbocycles. The Morgan fingerprint density at radius 1 is 1.39 bits per heavy atom. The second-order valence-electron chi connectivity index (χ2n) is 5.12. The number of hydrogen-bond acceptors (Lipinski definition) is 3. The lowest BCUT2D eigenvalue weighted by atomic mass is 9.84. The Kier molecular flexibility index (Phi) is 5.26. The molecular weight excluding hydrogens is 229 g/mol. The molecule has 0 fully saturated rings. The highest BCUT2D eigenvalue weighted by Gasteiger charge is 2.34. The molecule has 3 nitrogen and oxygen atoms in total. The third-order valence-corrected chi connectivity index (χ3v) is 4.07. The van der Waals surface area contributed by atoms with Crippen molar-refractivity contribution in [3.63, 3.8) is 0 Å². The number of nitrogens with one attached hydrogen (secondary N) is 1. The third-order valence-electron chi connectivity index (χ3n) is 4.07. The Labute approximate surface area is 109 Å². The Balaban J connectivity index is 2.94. The fraction of sp³-hybridized carbons (Fsp3) is 0.571. The van der Waals surface area contributed by atoms with Gasteiger partial charge in [0.1, 0.15) is 5.82 Å². The lowest BCUT2D eigenvalue weighted by molar-refractivity contribution is 0.112. The van der Waals surface area contributed by atoms with Gasteiger partial charge in [0.15, 0.2) is 0 Å². The van der Waals surface area contributed by atoms with Crippen molar-refractivity contribution >= 4 is 0 Å². The minimum absolute atomic E-state index is 0.00519. The number of benzene rings is 1. The zero-order chi connectivity index (χ0) is 13.8. The van der Waals surface area contributed by atoms with Crippen LogP contribution in [0.1, 0.15) is 25.8 Å². The van der Waals surface area contributed by atoms with Gasteiger partial charge in [-0.25, -0.2) is 4.39 Å². The van der Waals surface area contributed by atoms with Gasteiger partial charge >= 0.3 is 0 Å². The first kappa shape index (κ1) is 15.1. The Hall–Kier alpha value is -0.970. The summed E-state index contributed by atoms with van der Waals surface area (Å²) < 4.78 is 13.7. The van der Waals surface area contributed by atoms with Crippen LogP contribution < -0.4 is 11.3 Å². The highest BCUT2D eigenvalue weighted by molar-refractivity contribution is 5.19. The largest absolute Gasteiger partial charge is 0.302 e. The molecule has 0 spiro atoms. The topological polar surface area (TPSA) is 41.3 Å². The average Bonchev–Trinajstić information content (AvgIpc) is 2.36. The molecule has 0 aliphatic carbocycles. The van der Waals surface area contributed by atoms with Crippen LogP contribution >= 0.6 is 0 Å². The van der Waals surface area contributed by atoms with Crippen molar-refractivity contribution in [2.45, 2.75) is 38.3 Å². The summed E-state index contributed by atoms with van der Waals surface area (Å²) in [5.74, 6) is 5.50. The molecule has 3 N–H and O–H groups in total. The maximum atomic E-state index is 13.7. The molecule has 2 unspecified atom stereocenters. The molecule has 18 heavy (non-hydrogen) atoms. The van der Waals surface area contributed by atoms with Crippen LogP contribution in [0.5, 0.6) is 0 Å². The first-order valence-corrected chi connectivity index (χ1v) is 6.32. The average molecular weight is 253 g/mol. The molecule has 102 valence electrons. The molecule has 1 rings (SSSR count). The van der Waals surface area contributed by atoms with Crippen molar-refractivity contribution in [3.05, 3.63) is 35.6 Å². The molecule has 1 aromatic rings. The van der Waals surface area contributed by atoms with Crippen LogP contribution in [0.3, 0.4) is 0 Å². The predicted octanol–water partition coefficient (Wildman–Crippen LogP) is 1.93. The Morgan fingerprint density at radius 2 is 2.00 bits per heavy atom. The number of halogens is 1. The fourth-order valence-corrected chi connectivity index (χ4v) is 2.22. The van der Waals surface area contributed by atoms with Crippen molar-refractivity contribution in [3.8, 4) is 0 Å². The number of nitrogens with zero attached hydrogens (tertiary/aromatic N) is 1. The lowest BCUT2D eigenvalue weighted by Crippen LogP contribution is -2.59. The van der Waals surface area contributed by atoms with E-state index in [-0.39, 0.29) is 17.4 Å². The van der Waals surface area contributed by atoms with E-state index in [9.17, 15) is 4.39 Å². The summed E-state index contributed by atoms with van der Waals surface area (Å²) in [6.07, 6.45) is 1.51.